The fourth-order valence-electron chi connectivity index (χ4n) is 3.28. The van der Waals surface area contributed by atoms with Crippen molar-refractivity contribution in [3.63, 3.8) is 0 Å². The van der Waals surface area contributed by atoms with Gasteiger partial charge in [0.2, 0.25) is 0 Å². The number of fused-ring (bicyclic) bond motifs is 2. The molecule has 0 atom stereocenters. The molecule has 0 saturated heterocycles. The molecule has 1 aliphatic heterocycles. The molecule has 0 bridgehead atoms. The number of rotatable bonds is 4. The minimum absolute atomic E-state index is 0.00292. The van der Waals surface area contributed by atoms with Gasteiger partial charge in [-0.15, -0.1) is 0 Å². The minimum atomic E-state index is -0.408. The first-order valence-corrected chi connectivity index (χ1v) is 8.44. The van der Waals surface area contributed by atoms with Crippen LogP contribution in [-0.2, 0) is 26.2 Å². The Kier molecular flexibility index (Phi) is 4.00. The number of urea groups is 1. The Morgan fingerprint density at radius 2 is 2.23 bits per heavy atom. The van der Waals surface area contributed by atoms with Gasteiger partial charge in [-0.25, -0.2) is 9.59 Å². The number of hydrogen-bond acceptors (Lipinski definition) is 5. The maximum atomic E-state index is 12.6. The molecule has 26 heavy (non-hydrogen) atoms. The number of hydrogen-bond donors (Lipinski definition) is 2. The highest BCUT2D eigenvalue weighted by Crippen LogP contribution is 2.24. The predicted molar refractivity (Wildman–Crippen MR) is 93.7 cm³/mol. The van der Waals surface area contributed by atoms with Gasteiger partial charge in [0, 0.05) is 23.9 Å². The van der Waals surface area contributed by atoms with E-state index in [1.807, 2.05) is 6.92 Å². The number of carbonyl (C=O) groups excluding carboxylic acids is 1. The van der Waals surface area contributed by atoms with Gasteiger partial charge in [-0.1, -0.05) is 0 Å². The van der Waals surface area contributed by atoms with E-state index in [2.05, 4.69) is 10.4 Å². The highest BCUT2D eigenvalue weighted by atomic mass is 16.4. The van der Waals surface area contributed by atoms with Crippen LogP contribution in [-0.4, -0.2) is 37.0 Å². The molecule has 9 heteroatoms. The van der Waals surface area contributed by atoms with E-state index >= 15 is 0 Å². The summed E-state index contributed by atoms with van der Waals surface area (Å²) in [4.78, 5) is 26.0. The number of nitrogens with one attached hydrogen (secondary N) is 1. The molecular formula is C17H19N5O4. The summed E-state index contributed by atoms with van der Waals surface area (Å²) in [5.41, 5.74) is 3.63. The number of oxazole rings is 1. The Hall–Kier alpha value is -3.07. The number of anilines is 1. The monoisotopic (exact) mass is 357 g/mol. The lowest BCUT2D eigenvalue weighted by Crippen LogP contribution is -2.30. The molecule has 136 valence electrons. The first-order chi connectivity index (χ1) is 12.6. The molecule has 3 heterocycles. The third-order valence-electron chi connectivity index (χ3n) is 4.57. The van der Waals surface area contributed by atoms with E-state index < -0.39 is 5.76 Å². The molecule has 0 unspecified atom stereocenters. The number of amides is 2. The lowest BCUT2D eigenvalue weighted by atomic mass is 10.3. The molecule has 3 aromatic rings. The van der Waals surface area contributed by atoms with Gasteiger partial charge >= 0.3 is 11.8 Å². The number of aromatic nitrogens is 3. The van der Waals surface area contributed by atoms with Crippen molar-refractivity contribution in [3.05, 3.63) is 46.2 Å². The quantitative estimate of drug-likeness (QED) is 0.733. The largest absolute Gasteiger partial charge is 0.419 e. The van der Waals surface area contributed by atoms with Crippen LogP contribution in [0.2, 0.25) is 0 Å². The maximum absolute atomic E-state index is 12.6. The van der Waals surface area contributed by atoms with Gasteiger partial charge in [0.25, 0.3) is 0 Å². The number of aliphatic hydroxyl groups excluding tert-OH is 1. The molecule has 0 radical (unpaired) electrons. The summed E-state index contributed by atoms with van der Waals surface area (Å²) in [5, 5.41) is 16.1. The van der Waals surface area contributed by atoms with Gasteiger partial charge in [-0.05, 0) is 19.1 Å². The van der Waals surface area contributed by atoms with Crippen LogP contribution in [0.4, 0.5) is 10.5 Å². The van der Waals surface area contributed by atoms with Crippen LogP contribution >= 0.6 is 0 Å². The minimum Gasteiger partial charge on any atom is -0.408 e. The first-order valence-electron chi connectivity index (χ1n) is 8.44. The molecule has 1 aliphatic rings. The number of carbonyl (C=O) groups is 1. The summed E-state index contributed by atoms with van der Waals surface area (Å²) in [6.45, 7) is 3.71. The van der Waals surface area contributed by atoms with Gasteiger partial charge in [0.1, 0.15) is 0 Å². The van der Waals surface area contributed by atoms with E-state index in [4.69, 9.17) is 9.52 Å². The van der Waals surface area contributed by atoms with E-state index in [1.54, 1.807) is 34.0 Å². The van der Waals surface area contributed by atoms with Crippen molar-refractivity contribution in [3.8, 4) is 0 Å². The van der Waals surface area contributed by atoms with Crippen molar-refractivity contribution in [1.82, 2.24) is 19.2 Å². The number of aryl methyl sites for hydroxylation is 1. The zero-order valence-electron chi connectivity index (χ0n) is 14.3. The average molecular weight is 357 g/mol. The maximum Gasteiger partial charge on any atom is 0.419 e. The lowest BCUT2D eigenvalue weighted by Gasteiger charge is -2.17. The second kappa shape index (κ2) is 6.34. The fraction of sp³-hybridized carbons (Fsp3) is 0.353. The molecule has 4 rings (SSSR count). The molecule has 2 N–H and O–H groups in total. The summed E-state index contributed by atoms with van der Waals surface area (Å²) in [6, 6.07) is 4.92. The molecule has 2 amide bonds. The van der Waals surface area contributed by atoms with Crippen molar-refractivity contribution in [2.24, 2.45) is 0 Å². The number of aliphatic hydroxyl groups is 1. The molecule has 0 saturated carbocycles. The van der Waals surface area contributed by atoms with Gasteiger partial charge < -0.3 is 19.7 Å². The Morgan fingerprint density at radius 3 is 3.00 bits per heavy atom. The average Bonchev–Trinajstić information content (AvgIpc) is 3.27. The Bertz CT molecular complexity index is 1030. The number of benzene rings is 1. The van der Waals surface area contributed by atoms with E-state index in [0.717, 1.165) is 11.3 Å². The van der Waals surface area contributed by atoms with Crippen molar-refractivity contribution >= 4 is 22.8 Å². The van der Waals surface area contributed by atoms with Crippen LogP contribution in [0, 0.1) is 0 Å². The van der Waals surface area contributed by atoms with Crippen molar-refractivity contribution < 1.29 is 14.3 Å². The molecular weight excluding hydrogens is 338 g/mol. The van der Waals surface area contributed by atoms with Crippen LogP contribution in [0.5, 0.6) is 0 Å². The van der Waals surface area contributed by atoms with Crippen LogP contribution in [0.1, 0.15) is 18.2 Å². The van der Waals surface area contributed by atoms with Crippen LogP contribution in [0.25, 0.3) is 11.1 Å². The zero-order valence-corrected chi connectivity index (χ0v) is 14.3. The van der Waals surface area contributed by atoms with Crippen LogP contribution in [0.15, 0.2) is 33.6 Å². The summed E-state index contributed by atoms with van der Waals surface area (Å²) in [6.07, 6.45) is 1.73. The molecule has 0 spiro atoms. The second-order valence-corrected chi connectivity index (χ2v) is 6.14. The highest BCUT2D eigenvalue weighted by Gasteiger charge is 2.27. The third-order valence-corrected chi connectivity index (χ3v) is 4.57. The van der Waals surface area contributed by atoms with Gasteiger partial charge in [-0.3, -0.25) is 9.25 Å². The summed E-state index contributed by atoms with van der Waals surface area (Å²) < 4.78 is 8.48. The molecule has 0 fully saturated rings. The topological polar surface area (TPSA) is 106 Å². The Labute approximate surface area is 148 Å². The first kappa shape index (κ1) is 16.4. The summed E-state index contributed by atoms with van der Waals surface area (Å²) >= 11 is 0. The van der Waals surface area contributed by atoms with Crippen molar-refractivity contribution in [2.45, 2.75) is 33.1 Å². The Morgan fingerprint density at radius 1 is 1.38 bits per heavy atom. The normalized spacial score (nSPS) is 13.4. The highest BCUT2D eigenvalue weighted by molar-refractivity contribution is 5.91. The molecule has 2 aromatic heterocycles. The van der Waals surface area contributed by atoms with Gasteiger partial charge in [0.15, 0.2) is 5.58 Å². The zero-order chi connectivity index (χ0) is 18.3. The van der Waals surface area contributed by atoms with Crippen LogP contribution in [0.3, 0.4) is 0 Å². The second-order valence-electron chi connectivity index (χ2n) is 6.14. The van der Waals surface area contributed by atoms with E-state index in [9.17, 15) is 9.59 Å². The molecule has 1 aromatic carbocycles. The summed E-state index contributed by atoms with van der Waals surface area (Å²) in [7, 11) is 0. The van der Waals surface area contributed by atoms with Gasteiger partial charge in [0.05, 0.1) is 43.6 Å². The standard InChI is InChI=1S/C17H19N5O4/c1-2-21-13-4-3-12(7-15(13)26-17(21)25)19-16(24)20-9-11-8-18-22(5-6-23)14(11)10-20/h3-4,7-8,23H,2,5-6,9-10H2,1H3,(H,19,24). The van der Waals surface area contributed by atoms with Crippen molar-refractivity contribution in [2.75, 3.05) is 11.9 Å². The fourth-order valence-corrected chi connectivity index (χ4v) is 3.28. The third kappa shape index (κ3) is 2.66. The van der Waals surface area contributed by atoms with Gasteiger partial charge in [-0.2, -0.15) is 5.10 Å². The SMILES string of the molecule is CCn1c(=O)oc2cc(NC(=O)N3Cc4cnn(CCO)c4C3)ccc21. The van der Waals surface area contributed by atoms with E-state index in [0.29, 0.717) is 43.0 Å². The van der Waals surface area contributed by atoms with E-state index in [-0.39, 0.29) is 12.6 Å². The van der Waals surface area contributed by atoms with Crippen LogP contribution < -0.4 is 11.1 Å². The molecule has 0 aliphatic carbocycles. The summed E-state index contributed by atoms with van der Waals surface area (Å²) in [5.74, 6) is -0.408. The smallest absolute Gasteiger partial charge is 0.408 e. The predicted octanol–water partition coefficient (Wildman–Crippen LogP) is 1.35. The lowest BCUT2D eigenvalue weighted by molar-refractivity contribution is 0.210. The Balaban J connectivity index is 1.50. The van der Waals surface area contributed by atoms with Crippen molar-refractivity contribution in [1.29, 1.82) is 0 Å². The van der Waals surface area contributed by atoms with E-state index in [1.165, 1.54) is 4.57 Å². The number of nitrogens with zero attached hydrogens (tertiary/aromatic N) is 4. The molecule has 9 nitrogen and oxygen atoms in total.